The van der Waals surface area contributed by atoms with E-state index in [1.807, 2.05) is 0 Å². The van der Waals surface area contributed by atoms with Crippen LogP contribution in [0.2, 0.25) is 0 Å². The summed E-state index contributed by atoms with van der Waals surface area (Å²) in [4.78, 5) is 46.2. The summed E-state index contributed by atoms with van der Waals surface area (Å²) in [7, 11) is -9.05. The van der Waals surface area contributed by atoms with Gasteiger partial charge in [0.1, 0.15) is 20.2 Å². The van der Waals surface area contributed by atoms with Crippen LogP contribution in [0.15, 0.2) is 82.6 Å². The Morgan fingerprint density at radius 2 is 0.714 bits per heavy atom. The average Bonchev–Trinajstić information content (AvgIpc) is 3.27. The number of rotatable bonds is 4. The van der Waals surface area contributed by atoms with Crippen molar-refractivity contribution in [2.24, 2.45) is 0 Å². The molecule has 35 heavy (non-hydrogen) atoms. The van der Waals surface area contributed by atoms with Crippen LogP contribution in [0.4, 0.5) is 11.4 Å². The van der Waals surface area contributed by atoms with E-state index in [0.29, 0.717) is 0 Å². The van der Waals surface area contributed by atoms with Gasteiger partial charge in [0.2, 0.25) is 0 Å². The Balaban J connectivity index is 0.000000240. The van der Waals surface area contributed by atoms with Gasteiger partial charge in [0.15, 0.2) is 0 Å². The van der Waals surface area contributed by atoms with Crippen LogP contribution in [0.5, 0.6) is 0 Å². The van der Waals surface area contributed by atoms with Crippen molar-refractivity contribution in [3.8, 4) is 0 Å². The third kappa shape index (κ3) is 6.54. The Labute approximate surface area is 219 Å². The molecule has 0 bridgehead atoms. The van der Waals surface area contributed by atoms with Gasteiger partial charge in [-0.2, -0.15) is 0 Å². The normalized spacial score (nSPS) is 15.3. The molecule has 12 nitrogen and oxygen atoms in total. The van der Waals surface area contributed by atoms with E-state index in [4.69, 9.17) is 0 Å². The summed E-state index contributed by atoms with van der Waals surface area (Å²) in [5.41, 5.74) is 0.440. The molecule has 2 aromatic rings. The number of benzene rings is 2. The zero-order valence-electron chi connectivity index (χ0n) is 17.2. The van der Waals surface area contributed by atoms with Crippen LogP contribution in [-0.4, -0.2) is 76.9 Å². The average molecular weight is 712 g/mol. The van der Waals surface area contributed by atoms with Crippen LogP contribution in [0.3, 0.4) is 0 Å². The van der Waals surface area contributed by atoms with E-state index in [-0.39, 0.29) is 38.7 Å². The Kier molecular flexibility index (Phi) is 8.61. The van der Waals surface area contributed by atoms with E-state index >= 15 is 0 Å². The van der Waals surface area contributed by atoms with Gasteiger partial charge in [-0.05, 0) is 48.5 Å². The maximum atomic E-state index is 11.3. The van der Waals surface area contributed by atoms with Crippen LogP contribution in [0.1, 0.15) is 0 Å². The summed E-state index contributed by atoms with van der Waals surface area (Å²) in [5, 5.41) is 0. The monoisotopic (exact) mass is 712 g/mol. The molecule has 0 unspecified atom stereocenters. The van der Waals surface area contributed by atoms with Gasteiger partial charge in [0, 0.05) is 24.3 Å². The third-order valence-corrected chi connectivity index (χ3v) is 6.08. The molecule has 4 amide bonds. The van der Waals surface area contributed by atoms with Crippen molar-refractivity contribution in [2.45, 2.75) is 9.79 Å². The van der Waals surface area contributed by atoms with Crippen LogP contribution < -0.4 is 9.80 Å². The molecule has 0 fully saturated rings. The molecule has 2 aliphatic rings. The molecular formula is C20H12N2O10PbS2. The second-order valence-electron chi connectivity index (χ2n) is 6.59. The fraction of sp³-hybridized carbons (Fsp3) is 0. The van der Waals surface area contributed by atoms with Crippen molar-refractivity contribution in [2.75, 3.05) is 9.80 Å². The van der Waals surface area contributed by atoms with Crippen LogP contribution in [0.25, 0.3) is 0 Å². The van der Waals surface area contributed by atoms with Gasteiger partial charge in [-0.25, -0.2) is 26.6 Å². The van der Waals surface area contributed by atoms with E-state index in [1.54, 1.807) is 0 Å². The second kappa shape index (κ2) is 10.7. The van der Waals surface area contributed by atoms with Gasteiger partial charge in [-0.15, -0.1) is 0 Å². The number of imide groups is 2. The number of carbonyl (C=O) groups is 4. The fourth-order valence-electron chi connectivity index (χ4n) is 2.83. The second-order valence-corrected chi connectivity index (χ2v) is 9.35. The zero-order chi connectivity index (χ0) is 25.3. The summed E-state index contributed by atoms with van der Waals surface area (Å²) >= 11 is 0. The van der Waals surface area contributed by atoms with Gasteiger partial charge in [0.05, 0.1) is 21.2 Å². The zero-order valence-corrected chi connectivity index (χ0v) is 22.7. The molecule has 0 aliphatic carbocycles. The largest absolute Gasteiger partial charge is 2.00 e. The third-order valence-electron chi connectivity index (χ3n) is 4.39. The van der Waals surface area contributed by atoms with E-state index < -0.39 is 53.7 Å². The summed E-state index contributed by atoms with van der Waals surface area (Å²) in [6.45, 7) is 0. The number of hydrogen-bond donors (Lipinski definition) is 0. The number of nitrogens with zero attached hydrogens (tertiary/aromatic N) is 2. The first-order valence-electron chi connectivity index (χ1n) is 9.03. The van der Waals surface area contributed by atoms with Gasteiger partial charge in [-0.3, -0.25) is 19.2 Å². The molecule has 2 radical (unpaired) electrons. The van der Waals surface area contributed by atoms with Crippen molar-refractivity contribution in [1.29, 1.82) is 0 Å². The van der Waals surface area contributed by atoms with Gasteiger partial charge in [0.25, 0.3) is 23.6 Å². The topological polar surface area (TPSA) is 189 Å². The molecule has 2 heterocycles. The molecule has 0 N–H and O–H groups in total. The first-order chi connectivity index (χ1) is 15.8. The number of amides is 4. The smallest absolute Gasteiger partial charge is 0.744 e. The number of carbonyl (C=O) groups excluding carboxylic acids is 4. The summed E-state index contributed by atoms with van der Waals surface area (Å²) in [5.74, 6) is -2.03. The van der Waals surface area contributed by atoms with Crippen molar-refractivity contribution >= 4 is 82.5 Å². The minimum Gasteiger partial charge on any atom is -0.744 e. The van der Waals surface area contributed by atoms with Crippen LogP contribution in [0, 0.1) is 0 Å². The van der Waals surface area contributed by atoms with Gasteiger partial charge in [-0.1, -0.05) is 0 Å². The first kappa shape index (κ1) is 28.2. The molecule has 0 spiro atoms. The first-order valence-corrected chi connectivity index (χ1v) is 11.8. The molecule has 15 heteroatoms. The molecule has 2 aromatic carbocycles. The Morgan fingerprint density at radius 3 is 0.914 bits per heavy atom. The molecule has 0 aromatic heterocycles. The summed E-state index contributed by atoms with van der Waals surface area (Å²) in [6.07, 6.45) is 4.45. The standard InChI is InChI=1S/2C10H7NO5S.Pb/c2*12-9-5-6-10(13)11(9)7-1-3-8(4-2-7)17(14,15)16;/h2*1-6H,(H,14,15,16);/q;;+2/p-2. The molecular weight excluding hydrogens is 700 g/mol. The van der Waals surface area contributed by atoms with Crippen molar-refractivity contribution in [3.05, 3.63) is 72.8 Å². The predicted octanol–water partition coefficient (Wildman–Crippen LogP) is -0.341. The van der Waals surface area contributed by atoms with Crippen molar-refractivity contribution in [3.63, 3.8) is 0 Å². The van der Waals surface area contributed by atoms with E-state index in [2.05, 4.69) is 0 Å². The van der Waals surface area contributed by atoms with Gasteiger partial charge < -0.3 is 9.11 Å². The quantitative estimate of drug-likeness (QED) is 0.231. The molecule has 0 saturated heterocycles. The summed E-state index contributed by atoms with van der Waals surface area (Å²) in [6, 6.07) is 9.13. The minimum atomic E-state index is -4.52. The van der Waals surface area contributed by atoms with Crippen LogP contribution >= 0.6 is 0 Å². The SMILES string of the molecule is O=C1C=CC(=O)N1c1ccc(S(=O)(=O)[O-])cc1.O=C1C=CC(=O)N1c1ccc(S(=O)(=O)[O-])cc1.[Pb+2]. The van der Waals surface area contributed by atoms with Gasteiger partial charge >= 0.3 is 27.3 Å². The molecule has 0 atom stereocenters. The minimum absolute atomic E-state index is 0. The number of hydrogen-bond acceptors (Lipinski definition) is 10. The maximum Gasteiger partial charge on any atom is 2.00 e. The number of anilines is 2. The van der Waals surface area contributed by atoms with E-state index in [9.17, 15) is 45.1 Å². The molecule has 178 valence electrons. The predicted molar refractivity (Wildman–Crippen MR) is 118 cm³/mol. The molecule has 2 aliphatic heterocycles. The van der Waals surface area contributed by atoms with E-state index in [0.717, 1.165) is 58.4 Å². The fourth-order valence-corrected chi connectivity index (χ4v) is 3.77. The molecule has 4 rings (SSSR count). The molecule has 0 saturated carbocycles. The van der Waals surface area contributed by atoms with Crippen molar-refractivity contribution < 1.29 is 45.1 Å². The Morgan fingerprint density at radius 1 is 0.486 bits per heavy atom. The van der Waals surface area contributed by atoms with Crippen molar-refractivity contribution in [1.82, 2.24) is 0 Å². The Hall–Kier alpha value is -3.06. The van der Waals surface area contributed by atoms with Crippen LogP contribution in [-0.2, 0) is 39.4 Å². The summed E-state index contributed by atoms with van der Waals surface area (Å²) < 4.78 is 64.1. The Bertz CT molecular complexity index is 1310. The maximum absolute atomic E-state index is 11.3. The van der Waals surface area contributed by atoms with E-state index in [1.165, 1.54) is 24.3 Å².